The van der Waals surface area contributed by atoms with Gasteiger partial charge in [0.1, 0.15) is 5.15 Å². The SMILES string of the molecule is CCOC(=O)N1CCN(C(=O)c2c(C)nn(Cc3ccc(C)cc3)c2Cl)CC1. The number of benzene rings is 1. The molecule has 0 radical (unpaired) electrons. The van der Waals surface area contributed by atoms with Gasteiger partial charge >= 0.3 is 6.09 Å². The van der Waals surface area contributed by atoms with Gasteiger partial charge in [0.2, 0.25) is 0 Å². The van der Waals surface area contributed by atoms with Crippen LogP contribution in [0.5, 0.6) is 0 Å². The number of hydrogen-bond donors (Lipinski definition) is 0. The molecule has 7 nitrogen and oxygen atoms in total. The minimum absolute atomic E-state index is 0.152. The van der Waals surface area contributed by atoms with Crippen LogP contribution in [0.2, 0.25) is 5.15 Å². The van der Waals surface area contributed by atoms with Gasteiger partial charge in [-0.3, -0.25) is 4.79 Å². The summed E-state index contributed by atoms with van der Waals surface area (Å²) in [5, 5.41) is 4.81. The van der Waals surface area contributed by atoms with Gasteiger partial charge in [-0.15, -0.1) is 0 Å². The van der Waals surface area contributed by atoms with Crippen LogP contribution >= 0.6 is 11.6 Å². The van der Waals surface area contributed by atoms with Gasteiger partial charge in [0.15, 0.2) is 0 Å². The number of nitrogens with zero attached hydrogens (tertiary/aromatic N) is 4. The molecule has 0 aliphatic carbocycles. The maximum Gasteiger partial charge on any atom is 0.409 e. The van der Waals surface area contributed by atoms with Crippen LogP contribution in [0.3, 0.4) is 0 Å². The first-order chi connectivity index (χ1) is 13.4. The number of halogens is 1. The maximum atomic E-state index is 13.0. The van der Waals surface area contributed by atoms with Gasteiger partial charge in [0, 0.05) is 26.2 Å². The molecule has 28 heavy (non-hydrogen) atoms. The second-order valence-corrected chi connectivity index (χ2v) is 7.23. The number of amides is 2. The van der Waals surface area contributed by atoms with E-state index in [-0.39, 0.29) is 12.0 Å². The monoisotopic (exact) mass is 404 g/mol. The molecule has 0 unspecified atom stereocenters. The topological polar surface area (TPSA) is 67.7 Å². The lowest BCUT2D eigenvalue weighted by Gasteiger charge is -2.34. The second kappa shape index (κ2) is 8.65. The molecular weight excluding hydrogens is 380 g/mol. The van der Waals surface area contributed by atoms with Crippen molar-refractivity contribution in [1.29, 1.82) is 0 Å². The van der Waals surface area contributed by atoms with Gasteiger partial charge < -0.3 is 14.5 Å². The van der Waals surface area contributed by atoms with E-state index in [0.29, 0.717) is 55.7 Å². The Labute approximate surface area is 169 Å². The second-order valence-electron chi connectivity index (χ2n) is 6.87. The summed E-state index contributed by atoms with van der Waals surface area (Å²) < 4.78 is 6.67. The van der Waals surface area contributed by atoms with Crippen molar-refractivity contribution in [3.05, 3.63) is 51.8 Å². The Morgan fingerprint density at radius 2 is 1.68 bits per heavy atom. The smallest absolute Gasteiger partial charge is 0.409 e. The van der Waals surface area contributed by atoms with Gasteiger partial charge in [0.25, 0.3) is 5.91 Å². The van der Waals surface area contributed by atoms with Crippen LogP contribution in [0.4, 0.5) is 4.79 Å². The van der Waals surface area contributed by atoms with Crippen molar-refractivity contribution >= 4 is 23.6 Å². The highest BCUT2D eigenvalue weighted by Crippen LogP contribution is 2.23. The van der Waals surface area contributed by atoms with E-state index < -0.39 is 0 Å². The third-order valence-corrected chi connectivity index (χ3v) is 5.21. The van der Waals surface area contributed by atoms with E-state index in [9.17, 15) is 9.59 Å². The molecule has 0 atom stereocenters. The number of carbonyl (C=O) groups excluding carboxylic acids is 2. The summed E-state index contributed by atoms with van der Waals surface area (Å²) >= 11 is 6.51. The largest absolute Gasteiger partial charge is 0.450 e. The van der Waals surface area contributed by atoms with Crippen molar-refractivity contribution in [2.24, 2.45) is 0 Å². The number of ether oxygens (including phenoxy) is 1. The molecule has 150 valence electrons. The normalized spacial score (nSPS) is 14.3. The van der Waals surface area contributed by atoms with Crippen molar-refractivity contribution in [3.63, 3.8) is 0 Å². The molecule has 1 aliphatic rings. The standard InChI is InChI=1S/C20H25ClN4O3/c1-4-28-20(27)24-11-9-23(10-12-24)19(26)17-15(3)22-25(18(17)21)13-16-7-5-14(2)6-8-16/h5-8H,4,9-13H2,1-3H3. The molecule has 1 aromatic carbocycles. The Kier molecular flexibility index (Phi) is 6.24. The van der Waals surface area contributed by atoms with Crippen molar-refractivity contribution in [3.8, 4) is 0 Å². The van der Waals surface area contributed by atoms with Crippen LogP contribution in [0.25, 0.3) is 0 Å². The summed E-state index contributed by atoms with van der Waals surface area (Å²) in [5.41, 5.74) is 3.29. The Balaban J connectivity index is 1.70. The van der Waals surface area contributed by atoms with Crippen LogP contribution in [-0.4, -0.2) is 64.4 Å². The van der Waals surface area contributed by atoms with E-state index in [1.54, 1.807) is 28.3 Å². The zero-order valence-corrected chi connectivity index (χ0v) is 17.2. The van der Waals surface area contributed by atoms with Crippen molar-refractivity contribution < 1.29 is 14.3 Å². The van der Waals surface area contributed by atoms with Crippen LogP contribution in [0.1, 0.15) is 34.1 Å². The zero-order valence-electron chi connectivity index (χ0n) is 16.4. The van der Waals surface area contributed by atoms with Crippen LogP contribution in [0.15, 0.2) is 24.3 Å². The lowest BCUT2D eigenvalue weighted by Crippen LogP contribution is -2.50. The van der Waals surface area contributed by atoms with E-state index in [0.717, 1.165) is 5.56 Å². The van der Waals surface area contributed by atoms with Crippen molar-refractivity contribution in [2.75, 3.05) is 32.8 Å². The predicted octanol–water partition coefficient (Wildman–Crippen LogP) is 3.12. The summed E-state index contributed by atoms with van der Waals surface area (Å²) in [6, 6.07) is 8.13. The van der Waals surface area contributed by atoms with Crippen LogP contribution in [0, 0.1) is 13.8 Å². The highest BCUT2D eigenvalue weighted by atomic mass is 35.5. The molecule has 2 aromatic rings. The Bertz CT molecular complexity index is 855. The molecule has 0 saturated carbocycles. The van der Waals surface area contributed by atoms with Crippen LogP contribution in [-0.2, 0) is 11.3 Å². The predicted molar refractivity (Wildman–Crippen MR) is 107 cm³/mol. The van der Waals surface area contributed by atoms with Crippen molar-refractivity contribution in [2.45, 2.75) is 27.3 Å². The number of piperazine rings is 1. The van der Waals surface area contributed by atoms with Crippen LogP contribution < -0.4 is 0 Å². The molecular formula is C20H25ClN4O3. The Hall–Kier alpha value is -2.54. The average Bonchev–Trinajstić information content (AvgIpc) is 2.96. The summed E-state index contributed by atoms with van der Waals surface area (Å²) in [6.07, 6.45) is -0.338. The molecule has 3 rings (SSSR count). The van der Waals surface area contributed by atoms with Gasteiger partial charge in [-0.25, -0.2) is 9.48 Å². The molecule has 1 aliphatic heterocycles. The van der Waals surface area contributed by atoms with E-state index in [1.165, 1.54) is 5.56 Å². The Morgan fingerprint density at radius 3 is 2.29 bits per heavy atom. The minimum Gasteiger partial charge on any atom is -0.450 e. The fraction of sp³-hybridized carbons (Fsp3) is 0.450. The third-order valence-electron chi connectivity index (χ3n) is 4.83. The molecule has 0 spiro atoms. The lowest BCUT2D eigenvalue weighted by molar-refractivity contribution is 0.0570. The summed E-state index contributed by atoms with van der Waals surface area (Å²) in [7, 11) is 0. The minimum atomic E-state index is -0.338. The van der Waals surface area contributed by atoms with E-state index >= 15 is 0 Å². The number of carbonyl (C=O) groups is 2. The molecule has 1 saturated heterocycles. The summed E-state index contributed by atoms with van der Waals surface area (Å²) in [6.45, 7) is 8.21. The molecule has 2 amide bonds. The number of hydrogen-bond acceptors (Lipinski definition) is 4. The number of aryl methyl sites for hydroxylation is 2. The van der Waals surface area contributed by atoms with Gasteiger partial charge in [-0.05, 0) is 26.3 Å². The number of aromatic nitrogens is 2. The highest BCUT2D eigenvalue weighted by Gasteiger charge is 2.29. The quantitative estimate of drug-likeness (QED) is 0.785. The lowest BCUT2D eigenvalue weighted by atomic mass is 10.1. The van der Waals surface area contributed by atoms with E-state index in [2.05, 4.69) is 5.10 Å². The van der Waals surface area contributed by atoms with E-state index in [1.807, 2.05) is 31.2 Å². The molecule has 0 N–H and O–H groups in total. The highest BCUT2D eigenvalue weighted by molar-refractivity contribution is 6.33. The number of rotatable bonds is 4. The fourth-order valence-corrected chi connectivity index (χ4v) is 3.55. The molecule has 2 heterocycles. The first-order valence-electron chi connectivity index (χ1n) is 9.40. The van der Waals surface area contributed by atoms with Gasteiger partial charge in [-0.2, -0.15) is 5.10 Å². The van der Waals surface area contributed by atoms with Gasteiger partial charge in [0.05, 0.1) is 24.4 Å². The van der Waals surface area contributed by atoms with Gasteiger partial charge in [-0.1, -0.05) is 41.4 Å². The average molecular weight is 405 g/mol. The molecule has 8 heteroatoms. The Morgan fingerprint density at radius 1 is 1.07 bits per heavy atom. The first kappa shape index (κ1) is 20.2. The summed E-state index contributed by atoms with van der Waals surface area (Å²) in [5.74, 6) is -0.152. The van der Waals surface area contributed by atoms with Crippen molar-refractivity contribution in [1.82, 2.24) is 19.6 Å². The molecule has 0 bridgehead atoms. The molecule has 1 fully saturated rings. The first-order valence-corrected chi connectivity index (χ1v) is 9.78. The zero-order chi connectivity index (χ0) is 20.3. The fourth-order valence-electron chi connectivity index (χ4n) is 3.23. The molecule has 1 aromatic heterocycles. The van der Waals surface area contributed by atoms with E-state index in [4.69, 9.17) is 16.3 Å². The third kappa shape index (κ3) is 4.30. The summed E-state index contributed by atoms with van der Waals surface area (Å²) in [4.78, 5) is 28.1. The maximum absolute atomic E-state index is 13.0.